The molecule has 0 aliphatic rings. The molecule has 14 heavy (non-hydrogen) atoms. The Morgan fingerprint density at radius 2 is 2.36 bits per heavy atom. The van der Waals surface area contributed by atoms with E-state index in [0.717, 1.165) is 22.8 Å². The highest BCUT2D eigenvalue weighted by atomic mass is 32.1. The molecule has 0 atom stereocenters. The summed E-state index contributed by atoms with van der Waals surface area (Å²) in [6, 6.07) is 1.98. The van der Waals surface area contributed by atoms with E-state index in [-0.39, 0.29) is 0 Å². The zero-order chi connectivity index (χ0) is 9.80. The molecule has 2 aromatic rings. The molecule has 2 heterocycles. The third-order valence-corrected chi connectivity index (χ3v) is 2.71. The molecule has 0 spiro atoms. The summed E-state index contributed by atoms with van der Waals surface area (Å²) in [6.07, 6.45) is 5.46. The van der Waals surface area contributed by atoms with Crippen LogP contribution in [-0.4, -0.2) is 9.97 Å². The van der Waals surface area contributed by atoms with Gasteiger partial charge in [0.15, 0.2) is 0 Å². The smallest absolute Gasteiger partial charge is 0.112 e. The maximum atomic E-state index is 4.20. The lowest BCUT2D eigenvalue weighted by Gasteiger charge is -2.06. The van der Waals surface area contributed by atoms with E-state index in [0.29, 0.717) is 0 Å². The van der Waals surface area contributed by atoms with E-state index in [1.807, 2.05) is 30.8 Å². The zero-order valence-corrected chi connectivity index (χ0v) is 8.71. The van der Waals surface area contributed by atoms with Crippen LogP contribution < -0.4 is 5.32 Å². The highest BCUT2D eigenvalue weighted by Gasteiger charge is 1.98. The van der Waals surface area contributed by atoms with Crippen LogP contribution in [0.15, 0.2) is 30.0 Å². The molecule has 2 aromatic heterocycles. The monoisotopic (exact) mass is 205 g/mol. The van der Waals surface area contributed by atoms with Gasteiger partial charge in [0.2, 0.25) is 0 Å². The van der Waals surface area contributed by atoms with Crippen molar-refractivity contribution in [3.63, 3.8) is 0 Å². The molecule has 0 aliphatic carbocycles. The van der Waals surface area contributed by atoms with Crippen molar-refractivity contribution < 1.29 is 0 Å². The van der Waals surface area contributed by atoms with Crippen LogP contribution in [0.5, 0.6) is 0 Å². The number of hydrogen-bond acceptors (Lipinski definition) is 4. The summed E-state index contributed by atoms with van der Waals surface area (Å²) in [5, 5.41) is 6.40. The molecule has 0 aliphatic heterocycles. The Hall–Kier alpha value is -1.42. The van der Waals surface area contributed by atoms with Gasteiger partial charge in [-0.2, -0.15) is 0 Å². The largest absolute Gasteiger partial charge is 0.378 e. The molecule has 72 valence electrons. The summed E-state index contributed by atoms with van der Waals surface area (Å²) in [4.78, 5) is 8.24. The average Bonchev–Trinajstić information content (AvgIpc) is 2.69. The van der Waals surface area contributed by atoms with Crippen molar-refractivity contribution in [2.45, 2.75) is 13.5 Å². The molecule has 4 heteroatoms. The Morgan fingerprint density at radius 1 is 1.43 bits per heavy atom. The van der Waals surface area contributed by atoms with Crippen molar-refractivity contribution >= 4 is 17.0 Å². The number of hydrogen-bond donors (Lipinski definition) is 1. The highest BCUT2D eigenvalue weighted by Crippen LogP contribution is 2.13. The molecule has 0 saturated carbocycles. The second-order valence-electron chi connectivity index (χ2n) is 2.97. The lowest BCUT2D eigenvalue weighted by Crippen LogP contribution is -2.00. The number of thiazole rings is 1. The zero-order valence-electron chi connectivity index (χ0n) is 7.90. The van der Waals surface area contributed by atoms with E-state index in [1.165, 1.54) is 0 Å². The number of rotatable bonds is 3. The predicted octanol–water partition coefficient (Wildman–Crippen LogP) is 2.46. The van der Waals surface area contributed by atoms with E-state index in [4.69, 9.17) is 0 Å². The predicted molar refractivity (Wildman–Crippen MR) is 58.4 cm³/mol. The van der Waals surface area contributed by atoms with Crippen LogP contribution in [0.25, 0.3) is 0 Å². The molecular formula is C10H11N3S. The van der Waals surface area contributed by atoms with Crippen molar-refractivity contribution in [3.05, 3.63) is 40.6 Å². The summed E-state index contributed by atoms with van der Waals surface area (Å²) in [5.41, 5.74) is 2.28. The van der Waals surface area contributed by atoms with Crippen molar-refractivity contribution in [2.75, 3.05) is 5.32 Å². The lowest BCUT2D eigenvalue weighted by molar-refractivity contribution is 1.09. The molecule has 2 rings (SSSR count). The van der Waals surface area contributed by atoms with E-state index in [1.54, 1.807) is 17.5 Å². The van der Waals surface area contributed by atoms with Crippen LogP contribution in [0.3, 0.4) is 0 Å². The summed E-state index contributed by atoms with van der Waals surface area (Å²) < 4.78 is 0. The fraction of sp³-hybridized carbons (Fsp3) is 0.200. The summed E-state index contributed by atoms with van der Waals surface area (Å²) in [5.74, 6) is 0. The molecular weight excluding hydrogens is 194 g/mol. The average molecular weight is 205 g/mol. The highest BCUT2D eigenvalue weighted by molar-refractivity contribution is 7.09. The van der Waals surface area contributed by atoms with Gasteiger partial charge >= 0.3 is 0 Å². The topological polar surface area (TPSA) is 37.8 Å². The van der Waals surface area contributed by atoms with Gasteiger partial charge in [-0.3, -0.25) is 4.98 Å². The standard InChI is InChI=1S/C10H11N3S/c1-8-6-11-3-2-9(8)13-7-10-12-4-5-14-10/h2-6H,7H2,1H3,(H,11,13). The third-order valence-electron chi connectivity index (χ3n) is 1.93. The fourth-order valence-electron chi connectivity index (χ4n) is 1.18. The van der Waals surface area contributed by atoms with E-state index in [2.05, 4.69) is 15.3 Å². The maximum Gasteiger partial charge on any atom is 0.112 e. The van der Waals surface area contributed by atoms with Gasteiger partial charge in [0.25, 0.3) is 0 Å². The number of pyridine rings is 1. The first-order chi connectivity index (χ1) is 6.86. The molecule has 3 nitrogen and oxygen atoms in total. The Morgan fingerprint density at radius 3 is 3.07 bits per heavy atom. The Kier molecular flexibility index (Phi) is 2.74. The number of anilines is 1. The molecule has 0 radical (unpaired) electrons. The second kappa shape index (κ2) is 4.19. The quantitative estimate of drug-likeness (QED) is 0.836. The molecule has 0 unspecified atom stereocenters. The van der Waals surface area contributed by atoms with Gasteiger partial charge < -0.3 is 5.32 Å². The molecule has 0 aromatic carbocycles. The van der Waals surface area contributed by atoms with Gasteiger partial charge in [-0.1, -0.05) is 0 Å². The number of aryl methyl sites for hydroxylation is 1. The van der Waals surface area contributed by atoms with Crippen molar-refractivity contribution in [1.82, 2.24) is 9.97 Å². The summed E-state index contributed by atoms with van der Waals surface area (Å²) in [7, 11) is 0. The number of aromatic nitrogens is 2. The number of nitrogens with zero attached hydrogens (tertiary/aromatic N) is 2. The minimum atomic E-state index is 0.780. The SMILES string of the molecule is Cc1cnccc1NCc1nccs1. The van der Waals surface area contributed by atoms with Crippen molar-refractivity contribution in [2.24, 2.45) is 0 Å². The Labute approximate surface area is 86.8 Å². The summed E-state index contributed by atoms with van der Waals surface area (Å²) in [6.45, 7) is 2.82. The minimum absolute atomic E-state index is 0.780. The second-order valence-corrected chi connectivity index (χ2v) is 3.95. The van der Waals surface area contributed by atoms with E-state index >= 15 is 0 Å². The molecule has 0 amide bonds. The van der Waals surface area contributed by atoms with Gasteiger partial charge in [-0.25, -0.2) is 4.98 Å². The van der Waals surface area contributed by atoms with Crippen LogP contribution in [0.4, 0.5) is 5.69 Å². The molecule has 0 saturated heterocycles. The fourth-order valence-corrected chi connectivity index (χ4v) is 1.74. The van der Waals surface area contributed by atoms with Crippen LogP contribution in [0.2, 0.25) is 0 Å². The van der Waals surface area contributed by atoms with Crippen LogP contribution in [0, 0.1) is 6.92 Å². The van der Waals surface area contributed by atoms with E-state index < -0.39 is 0 Å². The van der Waals surface area contributed by atoms with Gasteiger partial charge in [0.1, 0.15) is 5.01 Å². The van der Waals surface area contributed by atoms with Gasteiger partial charge in [0.05, 0.1) is 6.54 Å². The van der Waals surface area contributed by atoms with Crippen LogP contribution in [-0.2, 0) is 6.54 Å². The van der Waals surface area contributed by atoms with Gasteiger partial charge in [0, 0.05) is 29.7 Å². The summed E-state index contributed by atoms with van der Waals surface area (Å²) >= 11 is 1.66. The first kappa shape index (κ1) is 9.15. The van der Waals surface area contributed by atoms with Crippen molar-refractivity contribution in [3.8, 4) is 0 Å². The first-order valence-electron chi connectivity index (χ1n) is 4.39. The molecule has 0 bridgehead atoms. The normalized spacial score (nSPS) is 10.1. The lowest BCUT2D eigenvalue weighted by atomic mass is 10.2. The van der Waals surface area contributed by atoms with Gasteiger partial charge in [-0.15, -0.1) is 11.3 Å². The van der Waals surface area contributed by atoms with Gasteiger partial charge in [-0.05, 0) is 18.6 Å². The molecule has 1 N–H and O–H groups in total. The third kappa shape index (κ3) is 2.09. The minimum Gasteiger partial charge on any atom is -0.378 e. The number of nitrogens with one attached hydrogen (secondary N) is 1. The first-order valence-corrected chi connectivity index (χ1v) is 5.27. The van der Waals surface area contributed by atoms with E-state index in [9.17, 15) is 0 Å². The molecule has 0 fully saturated rings. The van der Waals surface area contributed by atoms with Crippen LogP contribution >= 0.6 is 11.3 Å². The Balaban J connectivity index is 2.02. The maximum absolute atomic E-state index is 4.20. The Bertz CT molecular complexity index is 398. The van der Waals surface area contributed by atoms with Crippen LogP contribution in [0.1, 0.15) is 10.6 Å². The van der Waals surface area contributed by atoms with Crippen molar-refractivity contribution in [1.29, 1.82) is 0 Å².